The number of benzene rings is 2. The number of ether oxygens (including phenoxy) is 2. The molecule has 0 aliphatic rings. The number of carboxylic acids is 1. The Labute approximate surface area is 175 Å². The maximum atomic E-state index is 13.2. The lowest BCUT2D eigenvalue weighted by Crippen LogP contribution is -2.18. The molecule has 0 radical (unpaired) electrons. The number of fused-ring (bicyclic) bond motifs is 1. The fourth-order valence-corrected chi connectivity index (χ4v) is 4.51. The fraction of sp³-hybridized carbons (Fsp3) is 0.250. The molecule has 31 heavy (non-hydrogen) atoms. The molecule has 3 aromatic rings. The zero-order valence-electron chi connectivity index (χ0n) is 16.2. The summed E-state index contributed by atoms with van der Waals surface area (Å²) in [4.78, 5) is 10.6. The third-order valence-electron chi connectivity index (χ3n) is 4.34. The number of carboxylic acid groups (broad SMARTS) is 1. The minimum Gasteiger partial charge on any atom is -0.494 e. The summed E-state index contributed by atoms with van der Waals surface area (Å²) < 4.78 is 74.1. The van der Waals surface area contributed by atoms with E-state index in [0.717, 1.165) is 28.2 Å². The average molecular weight is 457 g/mol. The first-order valence-electron chi connectivity index (χ1n) is 9.11. The summed E-state index contributed by atoms with van der Waals surface area (Å²) in [6, 6.07) is 8.71. The molecule has 0 atom stereocenters. The van der Waals surface area contributed by atoms with E-state index in [1.807, 2.05) is 0 Å². The molecular formula is C20H18F3NO6S. The van der Waals surface area contributed by atoms with Crippen LogP contribution >= 0.6 is 0 Å². The van der Waals surface area contributed by atoms with Gasteiger partial charge in [0.25, 0.3) is 10.0 Å². The van der Waals surface area contributed by atoms with E-state index in [2.05, 4.69) is 4.74 Å². The number of hydrogen-bond donors (Lipinski definition) is 1. The molecule has 2 aromatic carbocycles. The number of rotatable bonds is 8. The van der Waals surface area contributed by atoms with Crippen LogP contribution in [0.25, 0.3) is 10.9 Å². The molecule has 0 spiro atoms. The lowest BCUT2D eigenvalue weighted by molar-refractivity contribution is -0.274. The summed E-state index contributed by atoms with van der Waals surface area (Å²) >= 11 is 0. The number of alkyl halides is 3. The zero-order chi connectivity index (χ0) is 22.8. The van der Waals surface area contributed by atoms with Crippen molar-refractivity contribution < 1.29 is 41.0 Å². The highest BCUT2D eigenvalue weighted by atomic mass is 32.2. The Bertz CT molecular complexity index is 1220. The van der Waals surface area contributed by atoms with Crippen LogP contribution in [0.5, 0.6) is 11.5 Å². The fourth-order valence-electron chi connectivity index (χ4n) is 3.09. The van der Waals surface area contributed by atoms with Crippen molar-refractivity contribution in [3.63, 3.8) is 0 Å². The van der Waals surface area contributed by atoms with E-state index in [1.54, 1.807) is 19.1 Å². The van der Waals surface area contributed by atoms with Crippen molar-refractivity contribution in [2.45, 2.75) is 31.0 Å². The zero-order valence-corrected chi connectivity index (χ0v) is 17.0. The molecule has 0 unspecified atom stereocenters. The van der Waals surface area contributed by atoms with Gasteiger partial charge in [0.2, 0.25) is 0 Å². The van der Waals surface area contributed by atoms with Gasteiger partial charge in [-0.25, -0.2) is 12.4 Å². The Kier molecular flexibility index (Phi) is 6.16. The van der Waals surface area contributed by atoms with Crippen molar-refractivity contribution in [1.82, 2.24) is 3.97 Å². The standard InChI is InChI=1S/C20H18F3NO6S/c1-2-29-14-7-8-18-17(11-14)13(6-9-19(25)26)12-24(18)31(27,28)16-5-3-4-15(10-16)30-20(21,22)23/h3-5,7-8,10-12H,2,6,9H2,1H3,(H,25,26). The molecular weight excluding hydrogens is 439 g/mol. The smallest absolute Gasteiger partial charge is 0.494 e. The van der Waals surface area contributed by atoms with E-state index in [9.17, 15) is 26.4 Å². The van der Waals surface area contributed by atoms with E-state index in [-0.39, 0.29) is 18.4 Å². The van der Waals surface area contributed by atoms with Crippen LogP contribution in [0.2, 0.25) is 0 Å². The van der Waals surface area contributed by atoms with E-state index < -0.39 is 33.0 Å². The lowest BCUT2D eigenvalue weighted by Gasteiger charge is -2.12. The van der Waals surface area contributed by atoms with Crippen LogP contribution in [0.4, 0.5) is 13.2 Å². The van der Waals surface area contributed by atoms with Gasteiger partial charge in [-0.1, -0.05) is 6.07 Å². The van der Waals surface area contributed by atoms with E-state index in [4.69, 9.17) is 9.84 Å². The third kappa shape index (κ3) is 5.10. The molecule has 7 nitrogen and oxygen atoms in total. The highest BCUT2D eigenvalue weighted by Crippen LogP contribution is 2.31. The van der Waals surface area contributed by atoms with Crippen molar-refractivity contribution in [2.75, 3.05) is 6.61 Å². The molecule has 0 aliphatic heterocycles. The topological polar surface area (TPSA) is 94.8 Å². The van der Waals surface area contributed by atoms with Gasteiger partial charge in [-0.3, -0.25) is 4.79 Å². The van der Waals surface area contributed by atoms with Crippen LogP contribution in [0.1, 0.15) is 18.9 Å². The first-order valence-corrected chi connectivity index (χ1v) is 10.5. The molecule has 0 fully saturated rings. The molecule has 0 aliphatic carbocycles. The second-order valence-electron chi connectivity index (χ2n) is 6.48. The Morgan fingerprint density at radius 3 is 2.52 bits per heavy atom. The van der Waals surface area contributed by atoms with Crippen LogP contribution < -0.4 is 9.47 Å². The highest BCUT2D eigenvalue weighted by Gasteiger charge is 2.32. The van der Waals surface area contributed by atoms with E-state index in [1.165, 1.54) is 12.3 Å². The number of carbonyl (C=O) groups is 1. The molecule has 3 rings (SSSR count). The van der Waals surface area contributed by atoms with Crippen molar-refractivity contribution in [3.8, 4) is 11.5 Å². The number of hydrogen-bond acceptors (Lipinski definition) is 5. The summed E-state index contributed by atoms with van der Waals surface area (Å²) in [6.45, 7) is 2.15. The summed E-state index contributed by atoms with van der Waals surface area (Å²) in [7, 11) is -4.31. The maximum Gasteiger partial charge on any atom is 0.573 e. The molecule has 1 aromatic heterocycles. The SMILES string of the molecule is CCOc1ccc2c(c1)c(CCC(=O)O)cn2S(=O)(=O)c1cccc(OC(F)(F)F)c1. The summed E-state index contributed by atoms with van der Waals surface area (Å²) in [6.07, 6.45) is -3.87. The van der Waals surface area contributed by atoms with Gasteiger partial charge in [0.05, 0.1) is 17.0 Å². The van der Waals surface area contributed by atoms with Crippen LogP contribution in [-0.2, 0) is 21.2 Å². The molecule has 166 valence electrons. The summed E-state index contributed by atoms with van der Waals surface area (Å²) in [5.41, 5.74) is 0.691. The van der Waals surface area contributed by atoms with Crippen LogP contribution in [0.15, 0.2) is 53.6 Å². The van der Waals surface area contributed by atoms with Crippen LogP contribution in [0, 0.1) is 0 Å². The van der Waals surface area contributed by atoms with Gasteiger partial charge in [0, 0.05) is 24.1 Å². The maximum absolute atomic E-state index is 13.2. The first-order chi connectivity index (χ1) is 14.5. The summed E-state index contributed by atoms with van der Waals surface area (Å²) in [5.74, 6) is -1.25. The monoisotopic (exact) mass is 457 g/mol. The minimum absolute atomic E-state index is 0.0567. The second-order valence-corrected chi connectivity index (χ2v) is 8.30. The predicted molar refractivity (Wildman–Crippen MR) is 105 cm³/mol. The van der Waals surface area contributed by atoms with Gasteiger partial charge in [-0.2, -0.15) is 0 Å². The Balaban J connectivity index is 2.12. The van der Waals surface area contributed by atoms with Gasteiger partial charge >= 0.3 is 12.3 Å². The van der Waals surface area contributed by atoms with Crippen molar-refractivity contribution in [3.05, 3.63) is 54.2 Å². The Morgan fingerprint density at radius 2 is 1.87 bits per heavy atom. The van der Waals surface area contributed by atoms with Crippen molar-refractivity contribution in [1.29, 1.82) is 0 Å². The number of aromatic nitrogens is 1. The van der Waals surface area contributed by atoms with Crippen molar-refractivity contribution in [2.24, 2.45) is 0 Å². The number of aliphatic carboxylic acids is 1. The lowest BCUT2D eigenvalue weighted by atomic mass is 10.1. The van der Waals surface area contributed by atoms with Gasteiger partial charge in [0.1, 0.15) is 11.5 Å². The average Bonchev–Trinajstić information content (AvgIpc) is 3.04. The number of nitrogens with zero attached hydrogens (tertiary/aromatic N) is 1. The van der Waals surface area contributed by atoms with Crippen LogP contribution in [-0.4, -0.2) is 36.4 Å². The molecule has 0 saturated heterocycles. The van der Waals surface area contributed by atoms with Gasteiger partial charge < -0.3 is 14.6 Å². The van der Waals surface area contributed by atoms with Crippen molar-refractivity contribution >= 4 is 26.9 Å². The van der Waals surface area contributed by atoms with Gasteiger partial charge in [-0.15, -0.1) is 13.2 Å². The van der Waals surface area contributed by atoms with Gasteiger partial charge in [-0.05, 0) is 49.2 Å². The minimum atomic E-state index is -4.97. The Hall–Kier alpha value is -3.21. The number of aryl methyl sites for hydroxylation is 1. The second kappa shape index (κ2) is 8.50. The molecule has 1 N–H and O–H groups in total. The predicted octanol–water partition coefficient (Wildman–Crippen LogP) is 4.19. The molecule has 1 heterocycles. The largest absolute Gasteiger partial charge is 0.573 e. The molecule has 0 bridgehead atoms. The quantitative estimate of drug-likeness (QED) is 0.545. The van der Waals surface area contributed by atoms with Crippen LogP contribution in [0.3, 0.4) is 0 Å². The Morgan fingerprint density at radius 1 is 1.13 bits per heavy atom. The number of halogens is 3. The molecule has 0 amide bonds. The van der Waals surface area contributed by atoms with Gasteiger partial charge in [0.15, 0.2) is 0 Å². The summed E-state index contributed by atoms with van der Waals surface area (Å²) in [5, 5.41) is 9.47. The molecule has 0 saturated carbocycles. The normalized spacial score (nSPS) is 12.1. The van der Waals surface area contributed by atoms with E-state index >= 15 is 0 Å². The first kappa shape index (κ1) is 22.5. The molecule has 11 heteroatoms. The third-order valence-corrected chi connectivity index (χ3v) is 6.01. The highest BCUT2D eigenvalue weighted by molar-refractivity contribution is 7.90. The van der Waals surface area contributed by atoms with E-state index in [0.29, 0.717) is 23.3 Å².